The predicted molar refractivity (Wildman–Crippen MR) is 20.2 cm³/mol. The van der Waals surface area contributed by atoms with E-state index in [-0.39, 0.29) is 5.90 Å². The molecule has 0 rings (SSSR count). The van der Waals surface area contributed by atoms with Crippen LogP contribution in [-0.2, 0) is 4.84 Å². The Morgan fingerprint density at radius 1 is 2.00 bits per heavy atom. The molecule has 0 saturated heterocycles. The fourth-order valence-corrected chi connectivity index (χ4v) is 0.0236. The molecule has 36 valence electrons. The molecule has 3 N–H and O–H groups in total. The molecule has 0 spiro atoms. The van der Waals surface area contributed by atoms with E-state index in [1.807, 2.05) is 0 Å². The SMILES string of the molecule is C/C(=N\O)ON. The van der Waals surface area contributed by atoms with Crippen molar-refractivity contribution in [2.75, 3.05) is 0 Å². The van der Waals surface area contributed by atoms with E-state index in [2.05, 4.69) is 15.9 Å². The van der Waals surface area contributed by atoms with Gasteiger partial charge in [-0.2, -0.15) is 5.90 Å². The van der Waals surface area contributed by atoms with Gasteiger partial charge in [0.2, 0.25) is 5.90 Å². The number of rotatable bonds is 0. The van der Waals surface area contributed by atoms with Gasteiger partial charge in [0.1, 0.15) is 0 Å². The van der Waals surface area contributed by atoms with Gasteiger partial charge < -0.3 is 10.0 Å². The maximum absolute atomic E-state index is 7.72. The summed E-state index contributed by atoms with van der Waals surface area (Å²) in [7, 11) is 0. The Hall–Kier alpha value is -0.770. The van der Waals surface area contributed by atoms with E-state index < -0.39 is 0 Å². The van der Waals surface area contributed by atoms with Crippen LogP contribution in [0.15, 0.2) is 5.16 Å². The molecular formula is C2H6N2O2. The molecule has 0 aliphatic rings. The maximum atomic E-state index is 7.72. The molecule has 0 unspecified atom stereocenters. The van der Waals surface area contributed by atoms with Crippen molar-refractivity contribution in [3.8, 4) is 0 Å². The van der Waals surface area contributed by atoms with E-state index in [9.17, 15) is 0 Å². The highest BCUT2D eigenvalue weighted by atomic mass is 16.6. The zero-order chi connectivity index (χ0) is 4.99. The first kappa shape index (κ1) is 5.23. The molecular weight excluding hydrogens is 84.0 g/mol. The zero-order valence-corrected chi connectivity index (χ0v) is 3.38. The van der Waals surface area contributed by atoms with E-state index in [4.69, 9.17) is 5.21 Å². The van der Waals surface area contributed by atoms with Crippen LogP contribution in [0.4, 0.5) is 0 Å². The Balaban J connectivity index is 3.22. The number of hydrogen-bond donors (Lipinski definition) is 2. The molecule has 0 aromatic heterocycles. The summed E-state index contributed by atoms with van der Waals surface area (Å²) in [6.07, 6.45) is 0. The molecule has 4 heteroatoms. The molecule has 0 saturated carbocycles. The molecule has 0 aromatic carbocycles. The summed E-state index contributed by atoms with van der Waals surface area (Å²) >= 11 is 0. The first-order valence-electron chi connectivity index (χ1n) is 1.36. The van der Waals surface area contributed by atoms with Crippen LogP contribution in [0.3, 0.4) is 0 Å². The summed E-state index contributed by atoms with van der Waals surface area (Å²) in [5, 5.41) is 10.3. The second-order valence-electron chi connectivity index (χ2n) is 0.737. The summed E-state index contributed by atoms with van der Waals surface area (Å²) in [6, 6.07) is 0. The maximum Gasteiger partial charge on any atom is 0.246 e. The van der Waals surface area contributed by atoms with Gasteiger partial charge in [0.05, 0.1) is 0 Å². The van der Waals surface area contributed by atoms with E-state index in [0.717, 1.165) is 0 Å². The van der Waals surface area contributed by atoms with Crippen LogP contribution < -0.4 is 5.90 Å². The van der Waals surface area contributed by atoms with Gasteiger partial charge in [0.25, 0.3) is 0 Å². The van der Waals surface area contributed by atoms with Crippen LogP contribution in [0.25, 0.3) is 0 Å². The van der Waals surface area contributed by atoms with Crippen molar-refractivity contribution in [2.45, 2.75) is 6.92 Å². The second kappa shape index (κ2) is 2.47. The van der Waals surface area contributed by atoms with Crippen LogP contribution in [0.1, 0.15) is 6.92 Å². The van der Waals surface area contributed by atoms with E-state index >= 15 is 0 Å². The van der Waals surface area contributed by atoms with Gasteiger partial charge in [-0.05, 0) is 0 Å². The average Bonchev–Trinajstić information content (AvgIpc) is 1.65. The minimum absolute atomic E-state index is 0.0509. The molecule has 0 aromatic rings. The van der Waals surface area contributed by atoms with Gasteiger partial charge in [-0.3, -0.25) is 0 Å². The lowest BCUT2D eigenvalue weighted by molar-refractivity contribution is 0.259. The average molecular weight is 90.1 g/mol. The number of nitrogens with zero attached hydrogens (tertiary/aromatic N) is 1. The zero-order valence-electron chi connectivity index (χ0n) is 3.38. The molecule has 0 radical (unpaired) electrons. The Kier molecular flexibility index (Phi) is 2.15. The van der Waals surface area contributed by atoms with Crippen LogP contribution in [0.5, 0.6) is 0 Å². The first-order valence-corrected chi connectivity index (χ1v) is 1.36. The Morgan fingerprint density at radius 3 is 2.50 bits per heavy atom. The summed E-state index contributed by atoms with van der Waals surface area (Å²) in [5.41, 5.74) is 0. The Bertz CT molecular complexity index is 60.6. The summed E-state index contributed by atoms with van der Waals surface area (Å²) in [5.74, 6) is 4.54. The summed E-state index contributed by atoms with van der Waals surface area (Å²) in [4.78, 5) is 3.90. The lowest BCUT2D eigenvalue weighted by Crippen LogP contribution is -2.04. The van der Waals surface area contributed by atoms with Crippen molar-refractivity contribution in [1.29, 1.82) is 0 Å². The number of nitrogens with two attached hydrogens (primary N) is 1. The fraction of sp³-hybridized carbons (Fsp3) is 0.500. The Morgan fingerprint density at radius 2 is 2.50 bits per heavy atom. The van der Waals surface area contributed by atoms with Crippen molar-refractivity contribution in [3.05, 3.63) is 0 Å². The molecule has 6 heavy (non-hydrogen) atoms. The second-order valence-corrected chi connectivity index (χ2v) is 0.737. The summed E-state index contributed by atoms with van der Waals surface area (Å²) < 4.78 is 0. The molecule has 0 fully saturated rings. The van der Waals surface area contributed by atoms with Gasteiger partial charge >= 0.3 is 0 Å². The predicted octanol–water partition coefficient (Wildman–Crippen LogP) is -0.316. The van der Waals surface area contributed by atoms with Crippen LogP contribution in [0.2, 0.25) is 0 Å². The van der Waals surface area contributed by atoms with Crippen LogP contribution in [-0.4, -0.2) is 11.1 Å². The van der Waals surface area contributed by atoms with Crippen molar-refractivity contribution in [3.63, 3.8) is 0 Å². The normalized spacial score (nSPS) is 11.3. The highest BCUT2D eigenvalue weighted by Gasteiger charge is 1.78. The Labute approximate surface area is 35.2 Å². The quantitative estimate of drug-likeness (QED) is 0.185. The first-order chi connectivity index (χ1) is 2.81. The fourth-order valence-electron chi connectivity index (χ4n) is 0.0236. The summed E-state index contributed by atoms with van der Waals surface area (Å²) in [6.45, 7) is 1.43. The van der Waals surface area contributed by atoms with Crippen molar-refractivity contribution < 1.29 is 10.0 Å². The third-order valence-electron chi connectivity index (χ3n) is 0.311. The van der Waals surface area contributed by atoms with Gasteiger partial charge in [0.15, 0.2) is 0 Å². The molecule has 0 aliphatic heterocycles. The van der Waals surface area contributed by atoms with Crippen molar-refractivity contribution in [2.24, 2.45) is 11.1 Å². The highest BCUT2D eigenvalue weighted by molar-refractivity contribution is 5.71. The van der Waals surface area contributed by atoms with E-state index in [0.29, 0.717) is 0 Å². The van der Waals surface area contributed by atoms with Crippen LogP contribution in [0, 0.1) is 0 Å². The topological polar surface area (TPSA) is 67.8 Å². The number of hydrogen-bond acceptors (Lipinski definition) is 4. The third kappa shape index (κ3) is 1.54. The minimum Gasteiger partial charge on any atom is -0.408 e. The molecule has 0 atom stereocenters. The van der Waals surface area contributed by atoms with Gasteiger partial charge in [-0.25, -0.2) is 0 Å². The molecule has 0 aliphatic carbocycles. The van der Waals surface area contributed by atoms with Gasteiger partial charge in [-0.1, -0.05) is 5.16 Å². The van der Waals surface area contributed by atoms with Crippen molar-refractivity contribution in [1.82, 2.24) is 0 Å². The molecule has 4 nitrogen and oxygen atoms in total. The van der Waals surface area contributed by atoms with E-state index in [1.165, 1.54) is 6.92 Å². The monoisotopic (exact) mass is 90.0 g/mol. The largest absolute Gasteiger partial charge is 0.408 e. The lowest BCUT2D eigenvalue weighted by atomic mass is 10.8. The smallest absolute Gasteiger partial charge is 0.246 e. The number of oxime groups is 1. The van der Waals surface area contributed by atoms with Crippen molar-refractivity contribution >= 4 is 5.90 Å². The minimum atomic E-state index is 0.0509. The standard InChI is InChI=1S/C2H6N2O2/c1-2(4-5)6-3/h5H,3H2,1H3/b4-2+. The molecule has 0 heterocycles. The lowest BCUT2D eigenvalue weighted by Gasteiger charge is -1.86. The van der Waals surface area contributed by atoms with E-state index in [1.54, 1.807) is 0 Å². The highest BCUT2D eigenvalue weighted by Crippen LogP contribution is 1.65. The molecule has 0 amide bonds. The third-order valence-corrected chi connectivity index (χ3v) is 0.311. The van der Waals surface area contributed by atoms with Gasteiger partial charge in [0, 0.05) is 6.92 Å². The molecule has 0 bridgehead atoms. The van der Waals surface area contributed by atoms with Crippen LogP contribution >= 0.6 is 0 Å². The van der Waals surface area contributed by atoms with Gasteiger partial charge in [-0.15, -0.1) is 0 Å².